The summed E-state index contributed by atoms with van der Waals surface area (Å²) in [6.07, 6.45) is 0. The van der Waals surface area contributed by atoms with Crippen molar-refractivity contribution in [2.24, 2.45) is 0 Å². The second-order valence-corrected chi connectivity index (χ2v) is 8.00. The summed E-state index contributed by atoms with van der Waals surface area (Å²) in [4.78, 5) is 16.9. The standard InChI is InChI=1S/C21H25Cl2N3O/c1-15-3-6-20(16(2)11-15)24-21(27)14-26-9-7-25(8-10-26)13-17-4-5-18(22)12-19(17)23/h3-6,11-12H,7-10,13-14H2,1-2H3,(H,24,27). The minimum absolute atomic E-state index is 0.0381. The normalized spacial score (nSPS) is 15.7. The number of nitrogens with one attached hydrogen (secondary N) is 1. The van der Waals surface area contributed by atoms with Gasteiger partial charge in [-0.1, -0.05) is 47.0 Å². The molecule has 1 saturated heterocycles. The van der Waals surface area contributed by atoms with E-state index in [1.807, 2.05) is 31.2 Å². The topological polar surface area (TPSA) is 35.6 Å². The van der Waals surface area contributed by atoms with Crippen LogP contribution in [-0.2, 0) is 11.3 Å². The van der Waals surface area contributed by atoms with Gasteiger partial charge >= 0.3 is 0 Å². The van der Waals surface area contributed by atoms with Gasteiger partial charge in [-0.2, -0.15) is 0 Å². The number of hydrogen-bond acceptors (Lipinski definition) is 3. The third kappa shape index (κ3) is 5.69. The van der Waals surface area contributed by atoms with E-state index in [0.29, 0.717) is 16.6 Å². The zero-order chi connectivity index (χ0) is 19.4. The summed E-state index contributed by atoms with van der Waals surface area (Å²) in [5, 5.41) is 4.39. The van der Waals surface area contributed by atoms with Crippen LogP contribution >= 0.6 is 23.2 Å². The highest BCUT2D eigenvalue weighted by Gasteiger charge is 2.20. The maximum Gasteiger partial charge on any atom is 0.238 e. The van der Waals surface area contributed by atoms with Crippen molar-refractivity contribution in [2.45, 2.75) is 20.4 Å². The van der Waals surface area contributed by atoms with E-state index in [0.717, 1.165) is 49.5 Å². The molecule has 3 rings (SSSR count). The van der Waals surface area contributed by atoms with Gasteiger partial charge in [0.25, 0.3) is 0 Å². The lowest BCUT2D eigenvalue weighted by Gasteiger charge is -2.34. The number of aryl methyl sites for hydroxylation is 2. The van der Waals surface area contributed by atoms with Crippen LogP contribution < -0.4 is 5.32 Å². The molecule has 1 aliphatic rings. The van der Waals surface area contributed by atoms with Crippen LogP contribution in [0, 0.1) is 13.8 Å². The molecule has 0 aromatic heterocycles. The summed E-state index contributed by atoms with van der Waals surface area (Å²) in [7, 11) is 0. The van der Waals surface area contributed by atoms with Crippen molar-refractivity contribution in [3.05, 3.63) is 63.1 Å². The fourth-order valence-electron chi connectivity index (χ4n) is 3.34. The number of benzene rings is 2. The Morgan fingerprint density at radius 2 is 1.70 bits per heavy atom. The lowest BCUT2D eigenvalue weighted by molar-refractivity contribution is -0.117. The maximum atomic E-state index is 12.4. The summed E-state index contributed by atoms with van der Waals surface area (Å²) < 4.78 is 0. The Morgan fingerprint density at radius 1 is 1.00 bits per heavy atom. The smallest absolute Gasteiger partial charge is 0.238 e. The molecule has 27 heavy (non-hydrogen) atoms. The Kier molecular flexibility index (Phi) is 6.77. The van der Waals surface area contributed by atoms with E-state index in [9.17, 15) is 4.79 Å². The lowest BCUT2D eigenvalue weighted by atomic mass is 10.1. The minimum atomic E-state index is 0.0381. The predicted octanol–water partition coefficient (Wildman–Crippen LogP) is 4.37. The van der Waals surface area contributed by atoms with Crippen LogP contribution in [0.2, 0.25) is 10.0 Å². The van der Waals surface area contributed by atoms with Gasteiger partial charge in [-0.3, -0.25) is 14.6 Å². The molecule has 1 N–H and O–H groups in total. The summed E-state index contributed by atoms with van der Waals surface area (Å²) in [5.41, 5.74) is 4.26. The van der Waals surface area contributed by atoms with Gasteiger partial charge in [0.15, 0.2) is 0 Å². The van der Waals surface area contributed by atoms with Gasteiger partial charge in [0.1, 0.15) is 0 Å². The average molecular weight is 406 g/mol. The molecule has 1 fully saturated rings. The van der Waals surface area contributed by atoms with Gasteiger partial charge < -0.3 is 5.32 Å². The molecule has 1 heterocycles. The molecular weight excluding hydrogens is 381 g/mol. The van der Waals surface area contributed by atoms with Crippen LogP contribution in [0.25, 0.3) is 0 Å². The van der Waals surface area contributed by atoms with Gasteiger partial charge in [0, 0.05) is 48.5 Å². The first-order valence-corrected chi connectivity index (χ1v) is 9.92. The summed E-state index contributed by atoms with van der Waals surface area (Å²) >= 11 is 12.2. The highest BCUT2D eigenvalue weighted by Crippen LogP contribution is 2.22. The van der Waals surface area contributed by atoms with Crippen molar-refractivity contribution in [2.75, 3.05) is 38.0 Å². The van der Waals surface area contributed by atoms with Crippen LogP contribution in [-0.4, -0.2) is 48.4 Å². The van der Waals surface area contributed by atoms with Crippen LogP contribution in [0.5, 0.6) is 0 Å². The molecule has 0 spiro atoms. The van der Waals surface area contributed by atoms with Gasteiger partial charge in [0.05, 0.1) is 6.54 Å². The molecule has 0 bridgehead atoms. The van der Waals surface area contributed by atoms with E-state index in [1.165, 1.54) is 5.56 Å². The Morgan fingerprint density at radius 3 is 2.37 bits per heavy atom. The van der Waals surface area contributed by atoms with Crippen LogP contribution in [0.3, 0.4) is 0 Å². The zero-order valence-electron chi connectivity index (χ0n) is 15.8. The molecule has 2 aromatic carbocycles. The van der Waals surface area contributed by atoms with E-state index in [1.54, 1.807) is 6.07 Å². The van der Waals surface area contributed by atoms with E-state index in [-0.39, 0.29) is 5.91 Å². The SMILES string of the molecule is Cc1ccc(NC(=O)CN2CCN(Cc3ccc(Cl)cc3Cl)CC2)c(C)c1. The van der Waals surface area contributed by atoms with Crippen molar-refractivity contribution in [3.8, 4) is 0 Å². The number of carbonyl (C=O) groups is 1. The third-order valence-electron chi connectivity index (χ3n) is 4.90. The number of piperazine rings is 1. The molecule has 0 saturated carbocycles. The number of carbonyl (C=O) groups excluding carboxylic acids is 1. The minimum Gasteiger partial charge on any atom is -0.325 e. The molecule has 0 unspecified atom stereocenters. The largest absolute Gasteiger partial charge is 0.325 e. The van der Waals surface area contributed by atoms with E-state index >= 15 is 0 Å². The highest BCUT2D eigenvalue weighted by molar-refractivity contribution is 6.35. The Balaban J connectivity index is 1.47. The second-order valence-electron chi connectivity index (χ2n) is 7.15. The zero-order valence-corrected chi connectivity index (χ0v) is 17.3. The summed E-state index contributed by atoms with van der Waals surface area (Å²) in [6, 6.07) is 11.7. The van der Waals surface area contributed by atoms with Gasteiger partial charge in [-0.25, -0.2) is 0 Å². The molecule has 6 heteroatoms. The van der Waals surface area contributed by atoms with Gasteiger partial charge in [-0.15, -0.1) is 0 Å². The van der Waals surface area contributed by atoms with Crippen molar-refractivity contribution in [1.29, 1.82) is 0 Å². The van der Waals surface area contributed by atoms with E-state index in [4.69, 9.17) is 23.2 Å². The fourth-order valence-corrected chi connectivity index (χ4v) is 3.81. The molecule has 0 aliphatic carbocycles. The van der Waals surface area contributed by atoms with Crippen molar-refractivity contribution < 1.29 is 4.79 Å². The molecule has 0 radical (unpaired) electrons. The number of hydrogen-bond donors (Lipinski definition) is 1. The Hall–Kier alpha value is -1.59. The summed E-state index contributed by atoms with van der Waals surface area (Å²) in [5.74, 6) is 0.0381. The molecule has 1 aliphatic heterocycles. The molecule has 4 nitrogen and oxygen atoms in total. The second kappa shape index (κ2) is 9.07. The van der Waals surface area contributed by atoms with Crippen LogP contribution in [0.1, 0.15) is 16.7 Å². The molecule has 1 amide bonds. The fraction of sp³-hybridized carbons (Fsp3) is 0.381. The number of nitrogens with zero attached hydrogens (tertiary/aromatic N) is 2. The van der Waals surface area contributed by atoms with Crippen LogP contribution in [0.15, 0.2) is 36.4 Å². The number of rotatable bonds is 5. The lowest BCUT2D eigenvalue weighted by Crippen LogP contribution is -2.48. The van der Waals surface area contributed by atoms with E-state index in [2.05, 4.69) is 28.1 Å². The average Bonchev–Trinajstić information content (AvgIpc) is 2.61. The molecule has 2 aromatic rings. The Bertz CT molecular complexity index is 817. The van der Waals surface area contributed by atoms with Crippen molar-refractivity contribution in [1.82, 2.24) is 9.80 Å². The molecule has 144 valence electrons. The van der Waals surface area contributed by atoms with E-state index < -0.39 is 0 Å². The predicted molar refractivity (Wildman–Crippen MR) is 113 cm³/mol. The van der Waals surface area contributed by atoms with Crippen molar-refractivity contribution >= 4 is 34.8 Å². The summed E-state index contributed by atoms with van der Waals surface area (Å²) in [6.45, 7) is 8.85. The monoisotopic (exact) mass is 405 g/mol. The first-order chi connectivity index (χ1) is 12.9. The first-order valence-electron chi connectivity index (χ1n) is 9.16. The number of amides is 1. The molecular formula is C21H25Cl2N3O. The molecule has 0 atom stereocenters. The quantitative estimate of drug-likeness (QED) is 0.801. The van der Waals surface area contributed by atoms with Crippen LogP contribution in [0.4, 0.5) is 5.69 Å². The first kappa shape index (κ1) is 20.2. The van der Waals surface area contributed by atoms with Crippen molar-refractivity contribution in [3.63, 3.8) is 0 Å². The maximum absolute atomic E-state index is 12.4. The number of anilines is 1. The Labute approximate surface area is 171 Å². The van der Waals surface area contributed by atoms with Gasteiger partial charge in [-0.05, 0) is 43.2 Å². The highest BCUT2D eigenvalue weighted by atomic mass is 35.5. The van der Waals surface area contributed by atoms with Gasteiger partial charge in [0.2, 0.25) is 5.91 Å². The third-order valence-corrected chi connectivity index (χ3v) is 5.48. The number of halogens is 2.